The van der Waals surface area contributed by atoms with Crippen molar-refractivity contribution in [2.45, 2.75) is 11.3 Å². The lowest BCUT2D eigenvalue weighted by molar-refractivity contribution is -0.115. The van der Waals surface area contributed by atoms with E-state index in [2.05, 4.69) is 10.0 Å². The van der Waals surface area contributed by atoms with Gasteiger partial charge in [0.25, 0.3) is 10.0 Å². The molecular weight excluding hydrogens is 290 g/mol. The first-order chi connectivity index (χ1) is 9.95. The van der Waals surface area contributed by atoms with Crippen molar-refractivity contribution in [3.05, 3.63) is 48.0 Å². The van der Waals surface area contributed by atoms with E-state index in [0.717, 1.165) is 5.56 Å². The highest BCUT2D eigenvalue weighted by atomic mass is 32.2. The number of nitrogens with two attached hydrogens (primary N) is 1. The summed E-state index contributed by atoms with van der Waals surface area (Å²) in [5.41, 5.74) is 7.68. The van der Waals surface area contributed by atoms with Gasteiger partial charge >= 0.3 is 0 Å². The molecule has 0 radical (unpaired) electrons. The molecule has 0 aromatic heterocycles. The largest absolute Gasteiger partial charge is 0.399 e. The fourth-order valence-electron chi connectivity index (χ4n) is 2.19. The number of carbonyl (C=O) groups is 1. The first kappa shape index (κ1) is 13.4. The fraction of sp³-hybridized carbons (Fsp3) is 0.0714. The zero-order chi connectivity index (χ0) is 15.0. The zero-order valence-electron chi connectivity index (χ0n) is 11.0. The van der Waals surface area contributed by atoms with Crippen molar-refractivity contribution in [2.75, 3.05) is 15.8 Å². The molecule has 1 aliphatic heterocycles. The Hall–Kier alpha value is -2.54. The molecule has 2 aromatic rings. The van der Waals surface area contributed by atoms with Gasteiger partial charge in [0, 0.05) is 5.69 Å². The highest BCUT2D eigenvalue weighted by Gasteiger charge is 2.23. The second-order valence-electron chi connectivity index (χ2n) is 4.74. The zero-order valence-corrected chi connectivity index (χ0v) is 11.8. The average molecular weight is 303 g/mol. The molecule has 0 bridgehead atoms. The van der Waals surface area contributed by atoms with Crippen molar-refractivity contribution in [1.82, 2.24) is 0 Å². The smallest absolute Gasteiger partial charge is 0.261 e. The maximum Gasteiger partial charge on any atom is 0.261 e. The predicted molar refractivity (Wildman–Crippen MR) is 80.4 cm³/mol. The van der Waals surface area contributed by atoms with Crippen LogP contribution < -0.4 is 15.8 Å². The third-order valence-electron chi connectivity index (χ3n) is 3.20. The number of carbonyl (C=O) groups excluding carboxylic acids is 1. The predicted octanol–water partition coefficient (Wildman–Crippen LogP) is 1.56. The minimum atomic E-state index is -3.73. The van der Waals surface area contributed by atoms with E-state index >= 15 is 0 Å². The number of nitrogens with one attached hydrogen (secondary N) is 2. The van der Waals surface area contributed by atoms with Gasteiger partial charge < -0.3 is 11.1 Å². The van der Waals surface area contributed by atoms with Crippen LogP contribution in [0.4, 0.5) is 17.1 Å². The van der Waals surface area contributed by atoms with E-state index in [0.29, 0.717) is 17.1 Å². The van der Waals surface area contributed by atoms with Crippen molar-refractivity contribution in [1.29, 1.82) is 0 Å². The van der Waals surface area contributed by atoms with Crippen LogP contribution >= 0.6 is 0 Å². The molecule has 21 heavy (non-hydrogen) atoms. The third-order valence-corrected chi connectivity index (χ3v) is 4.58. The molecule has 2 aromatic carbocycles. The van der Waals surface area contributed by atoms with Crippen molar-refractivity contribution < 1.29 is 13.2 Å². The van der Waals surface area contributed by atoms with Crippen molar-refractivity contribution in [2.24, 2.45) is 0 Å². The van der Waals surface area contributed by atoms with Gasteiger partial charge in [-0.3, -0.25) is 9.52 Å². The van der Waals surface area contributed by atoms with Gasteiger partial charge in [-0.05, 0) is 35.9 Å². The summed E-state index contributed by atoms with van der Waals surface area (Å²) in [6.07, 6.45) is 0.257. The summed E-state index contributed by atoms with van der Waals surface area (Å²) in [6.45, 7) is 0. The Morgan fingerprint density at radius 3 is 2.52 bits per heavy atom. The third kappa shape index (κ3) is 2.55. The number of amides is 1. The number of hydrogen-bond donors (Lipinski definition) is 3. The number of para-hydroxylation sites is 1. The van der Waals surface area contributed by atoms with Crippen LogP contribution in [0.5, 0.6) is 0 Å². The van der Waals surface area contributed by atoms with Gasteiger partial charge in [-0.15, -0.1) is 0 Å². The summed E-state index contributed by atoms with van der Waals surface area (Å²) in [4.78, 5) is 11.5. The lowest BCUT2D eigenvalue weighted by Gasteiger charge is -2.11. The maximum absolute atomic E-state index is 12.3. The number of benzene rings is 2. The molecule has 3 rings (SSSR count). The van der Waals surface area contributed by atoms with Gasteiger partial charge in [-0.2, -0.15) is 0 Å². The lowest BCUT2D eigenvalue weighted by atomic mass is 10.1. The lowest BCUT2D eigenvalue weighted by Crippen LogP contribution is -2.14. The minimum Gasteiger partial charge on any atom is -0.399 e. The van der Waals surface area contributed by atoms with Gasteiger partial charge in [0.05, 0.1) is 22.7 Å². The maximum atomic E-state index is 12.3. The highest BCUT2D eigenvalue weighted by Crippen LogP contribution is 2.32. The van der Waals surface area contributed by atoms with Gasteiger partial charge in [-0.1, -0.05) is 12.1 Å². The first-order valence-electron chi connectivity index (χ1n) is 6.26. The van der Waals surface area contributed by atoms with E-state index in [-0.39, 0.29) is 17.2 Å². The van der Waals surface area contributed by atoms with Crippen LogP contribution in [0.3, 0.4) is 0 Å². The van der Waals surface area contributed by atoms with Crippen LogP contribution in [0.25, 0.3) is 0 Å². The van der Waals surface area contributed by atoms with Crippen LogP contribution in [0, 0.1) is 0 Å². The number of nitrogen functional groups attached to an aromatic ring is 1. The molecule has 1 heterocycles. The number of hydrogen-bond acceptors (Lipinski definition) is 4. The summed E-state index contributed by atoms with van der Waals surface area (Å²) in [5.74, 6) is -0.149. The van der Waals surface area contributed by atoms with Crippen LogP contribution in [-0.4, -0.2) is 14.3 Å². The second kappa shape index (κ2) is 4.78. The van der Waals surface area contributed by atoms with E-state index in [1.54, 1.807) is 18.2 Å². The Labute approximate surface area is 122 Å². The van der Waals surface area contributed by atoms with E-state index in [9.17, 15) is 13.2 Å². The molecule has 7 heteroatoms. The van der Waals surface area contributed by atoms with Gasteiger partial charge in [0.1, 0.15) is 0 Å². The highest BCUT2D eigenvalue weighted by molar-refractivity contribution is 7.92. The van der Waals surface area contributed by atoms with E-state index in [1.165, 1.54) is 24.3 Å². The van der Waals surface area contributed by atoms with E-state index in [4.69, 9.17) is 5.73 Å². The molecular formula is C14H13N3O3S. The molecule has 1 amide bonds. The molecule has 108 valence electrons. The number of sulfonamides is 1. The molecule has 0 saturated heterocycles. The van der Waals surface area contributed by atoms with Gasteiger partial charge in [-0.25, -0.2) is 8.42 Å². The van der Waals surface area contributed by atoms with Gasteiger partial charge in [0.2, 0.25) is 5.91 Å². The summed E-state index contributed by atoms with van der Waals surface area (Å²) in [5, 5.41) is 2.66. The van der Waals surface area contributed by atoms with Crippen LogP contribution in [0.15, 0.2) is 47.4 Å². The van der Waals surface area contributed by atoms with Crippen molar-refractivity contribution >= 4 is 33.0 Å². The van der Waals surface area contributed by atoms with E-state index < -0.39 is 10.0 Å². The van der Waals surface area contributed by atoms with Crippen molar-refractivity contribution in [3.8, 4) is 0 Å². The molecule has 0 saturated carbocycles. The normalized spacial score (nSPS) is 13.6. The molecule has 0 aliphatic carbocycles. The van der Waals surface area contributed by atoms with Crippen LogP contribution in [0.1, 0.15) is 5.56 Å². The Kier molecular flexibility index (Phi) is 3.06. The Morgan fingerprint density at radius 2 is 1.81 bits per heavy atom. The fourth-order valence-corrected chi connectivity index (χ4v) is 3.26. The summed E-state index contributed by atoms with van der Waals surface area (Å²) in [7, 11) is -3.73. The SMILES string of the molecule is Nc1ccc(S(=O)(=O)Nc2cccc3c2NC(=O)C3)cc1. The summed E-state index contributed by atoms with van der Waals surface area (Å²) in [6, 6.07) is 11.0. The molecule has 1 aliphatic rings. The van der Waals surface area contributed by atoms with E-state index in [1.807, 2.05) is 0 Å². The molecule has 6 nitrogen and oxygen atoms in total. The Morgan fingerprint density at radius 1 is 1.10 bits per heavy atom. The Balaban J connectivity index is 1.96. The standard InChI is InChI=1S/C14H13N3O3S/c15-10-4-6-11(7-5-10)21(19,20)17-12-3-1-2-9-8-13(18)16-14(9)12/h1-7,17H,8,15H2,(H,16,18). The number of fused-ring (bicyclic) bond motifs is 1. The first-order valence-corrected chi connectivity index (χ1v) is 7.74. The monoisotopic (exact) mass is 303 g/mol. The summed E-state index contributed by atoms with van der Waals surface area (Å²) >= 11 is 0. The van der Waals surface area contributed by atoms with Crippen LogP contribution in [-0.2, 0) is 21.2 Å². The topological polar surface area (TPSA) is 101 Å². The van der Waals surface area contributed by atoms with Crippen LogP contribution in [0.2, 0.25) is 0 Å². The average Bonchev–Trinajstić information content (AvgIpc) is 2.80. The Bertz CT molecular complexity index is 814. The second-order valence-corrected chi connectivity index (χ2v) is 6.42. The summed E-state index contributed by atoms with van der Waals surface area (Å²) < 4.78 is 27.2. The molecule has 0 atom stereocenters. The van der Waals surface area contributed by atoms with Gasteiger partial charge in [0.15, 0.2) is 0 Å². The molecule has 0 unspecified atom stereocenters. The molecule has 0 spiro atoms. The molecule has 4 N–H and O–H groups in total. The van der Waals surface area contributed by atoms with Crippen molar-refractivity contribution in [3.63, 3.8) is 0 Å². The molecule has 0 fully saturated rings. The number of rotatable bonds is 3. The quantitative estimate of drug-likeness (QED) is 0.749. The minimum absolute atomic E-state index is 0.110. The number of anilines is 3.